The lowest BCUT2D eigenvalue weighted by Crippen LogP contribution is -2.30. The van der Waals surface area contributed by atoms with Gasteiger partial charge in [-0.1, -0.05) is 55.4 Å². The van der Waals surface area contributed by atoms with Crippen LogP contribution in [0, 0.1) is 0 Å². The van der Waals surface area contributed by atoms with Crippen LogP contribution in [0.1, 0.15) is 38.3 Å². The number of thioether (sulfide) groups is 1. The molecule has 0 aliphatic rings. The Morgan fingerprint density at radius 2 is 1.86 bits per heavy atom. The summed E-state index contributed by atoms with van der Waals surface area (Å²) in [4.78, 5) is 16.6. The molecule has 0 aliphatic carbocycles. The molecule has 0 unspecified atom stereocenters. The zero-order chi connectivity index (χ0) is 19.8. The van der Waals surface area contributed by atoms with Gasteiger partial charge in [-0.05, 0) is 31.0 Å². The maximum Gasteiger partial charge on any atom is 0.230 e. The van der Waals surface area contributed by atoms with E-state index < -0.39 is 0 Å². The van der Waals surface area contributed by atoms with Crippen molar-refractivity contribution in [1.82, 2.24) is 25.1 Å². The second-order valence-corrected chi connectivity index (χ2v) is 7.34. The Morgan fingerprint density at radius 1 is 1.11 bits per heavy atom. The summed E-state index contributed by atoms with van der Waals surface area (Å²) in [6.07, 6.45) is 5.40. The van der Waals surface area contributed by atoms with Gasteiger partial charge in [-0.2, -0.15) is 0 Å². The van der Waals surface area contributed by atoms with Gasteiger partial charge in [-0.15, -0.1) is 10.2 Å². The first-order valence-corrected chi connectivity index (χ1v) is 10.5. The van der Waals surface area contributed by atoms with Gasteiger partial charge >= 0.3 is 0 Å². The molecule has 0 fully saturated rings. The fourth-order valence-electron chi connectivity index (χ4n) is 3.06. The minimum absolute atomic E-state index is 0.00316. The Balaban J connectivity index is 1.65. The number of hydrogen-bond donors (Lipinski definition) is 1. The number of rotatable bonds is 9. The molecule has 0 saturated heterocycles. The van der Waals surface area contributed by atoms with Gasteiger partial charge < -0.3 is 9.88 Å². The van der Waals surface area contributed by atoms with Crippen LogP contribution in [-0.2, 0) is 11.3 Å². The highest BCUT2D eigenvalue weighted by Crippen LogP contribution is 2.24. The maximum atomic E-state index is 12.6. The average molecular weight is 396 g/mol. The Morgan fingerprint density at radius 3 is 2.54 bits per heavy atom. The Kier molecular flexibility index (Phi) is 7.19. The van der Waals surface area contributed by atoms with Gasteiger partial charge in [0.15, 0.2) is 11.0 Å². The lowest BCUT2D eigenvalue weighted by molar-refractivity contribution is -0.119. The Labute approximate surface area is 169 Å². The molecule has 6 nitrogen and oxygen atoms in total. The van der Waals surface area contributed by atoms with Gasteiger partial charge in [-0.25, -0.2) is 0 Å². The van der Waals surface area contributed by atoms with E-state index in [2.05, 4.69) is 39.6 Å². The van der Waals surface area contributed by atoms with E-state index in [4.69, 9.17) is 0 Å². The van der Waals surface area contributed by atoms with E-state index in [1.54, 1.807) is 12.4 Å². The average Bonchev–Trinajstić information content (AvgIpc) is 3.16. The summed E-state index contributed by atoms with van der Waals surface area (Å²) < 4.78 is 2.02. The van der Waals surface area contributed by atoms with Crippen LogP contribution in [0.2, 0.25) is 0 Å². The molecule has 0 radical (unpaired) electrons. The van der Waals surface area contributed by atoms with Gasteiger partial charge in [0, 0.05) is 24.5 Å². The molecule has 3 rings (SSSR count). The topological polar surface area (TPSA) is 72.7 Å². The first kappa shape index (κ1) is 20.1. The summed E-state index contributed by atoms with van der Waals surface area (Å²) >= 11 is 1.41. The van der Waals surface area contributed by atoms with Gasteiger partial charge in [-0.3, -0.25) is 9.78 Å². The standard InChI is InChI=1S/C21H25N5OS/c1-3-8-18(16-9-6-5-7-10-16)23-19(27)15-28-21-25-24-20(26(21)4-2)17-11-13-22-14-12-17/h5-7,9-14,18H,3-4,8,15H2,1-2H3,(H,23,27)/t18-/m0/s1. The largest absolute Gasteiger partial charge is 0.349 e. The van der Waals surface area contributed by atoms with E-state index in [9.17, 15) is 4.79 Å². The molecule has 3 aromatic rings. The smallest absolute Gasteiger partial charge is 0.230 e. The van der Waals surface area contributed by atoms with Crippen molar-refractivity contribution >= 4 is 17.7 Å². The van der Waals surface area contributed by atoms with Crippen LogP contribution in [-0.4, -0.2) is 31.4 Å². The van der Waals surface area contributed by atoms with Crippen LogP contribution >= 0.6 is 11.8 Å². The fourth-order valence-corrected chi connectivity index (χ4v) is 3.87. The van der Waals surface area contributed by atoms with E-state index in [0.717, 1.165) is 41.5 Å². The van der Waals surface area contributed by atoms with Crippen LogP contribution < -0.4 is 5.32 Å². The molecule has 146 valence electrons. The summed E-state index contributed by atoms with van der Waals surface area (Å²) in [6.45, 7) is 4.91. The number of benzene rings is 1. The van der Waals surface area contributed by atoms with E-state index in [1.165, 1.54) is 11.8 Å². The molecular formula is C21H25N5OS. The van der Waals surface area contributed by atoms with Gasteiger partial charge in [0.1, 0.15) is 0 Å². The number of aromatic nitrogens is 4. The predicted octanol–water partition coefficient (Wildman–Crippen LogP) is 4.11. The Bertz CT molecular complexity index is 882. The zero-order valence-electron chi connectivity index (χ0n) is 16.2. The third kappa shape index (κ3) is 4.98. The quantitative estimate of drug-likeness (QED) is 0.552. The third-order valence-corrected chi connectivity index (χ3v) is 5.39. The highest BCUT2D eigenvalue weighted by molar-refractivity contribution is 7.99. The zero-order valence-corrected chi connectivity index (χ0v) is 17.0. The molecule has 1 atom stereocenters. The second-order valence-electron chi connectivity index (χ2n) is 6.39. The van der Waals surface area contributed by atoms with Crippen molar-refractivity contribution in [2.75, 3.05) is 5.75 Å². The number of hydrogen-bond acceptors (Lipinski definition) is 5. The number of amides is 1. The van der Waals surface area contributed by atoms with Crippen LogP contribution in [0.25, 0.3) is 11.4 Å². The summed E-state index contributed by atoms with van der Waals surface area (Å²) in [5, 5.41) is 12.5. The SMILES string of the molecule is CCC[C@H](NC(=O)CSc1nnc(-c2ccncc2)n1CC)c1ccccc1. The third-order valence-electron chi connectivity index (χ3n) is 4.42. The van der Waals surface area contributed by atoms with E-state index in [-0.39, 0.29) is 11.9 Å². The van der Waals surface area contributed by atoms with E-state index in [1.807, 2.05) is 41.8 Å². The van der Waals surface area contributed by atoms with Crippen LogP contribution in [0.4, 0.5) is 0 Å². The van der Waals surface area contributed by atoms with Gasteiger partial charge in [0.2, 0.25) is 5.91 Å². The summed E-state index contributed by atoms with van der Waals surface area (Å²) in [5.41, 5.74) is 2.10. The number of nitrogens with zero attached hydrogens (tertiary/aromatic N) is 4. The molecule has 28 heavy (non-hydrogen) atoms. The first-order valence-electron chi connectivity index (χ1n) is 9.53. The minimum Gasteiger partial charge on any atom is -0.349 e. The van der Waals surface area contributed by atoms with Crippen molar-refractivity contribution in [2.45, 2.75) is 44.4 Å². The van der Waals surface area contributed by atoms with Gasteiger partial charge in [0.25, 0.3) is 0 Å². The predicted molar refractivity (Wildman–Crippen MR) is 112 cm³/mol. The number of carbonyl (C=O) groups excluding carboxylic acids is 1. The number of nitrogens with one attached hydrogen (secondary N) is 1. The molecule has 0 bridgehead atoms. The molecule has 1 amide bonds. The van der Waals surface area contributed by atoms with Crippen molar-refractivity contribution in [2.24, 2.45) is 0 Å². The van der Waals surface area contributed by atoms with Crippen LogP contribution in [0.3, 0.4) is 0 Å². The molecule has 0 spiro atoms. The maximum absolute atomic E-state index is 12.6. The number of pyridine rings is 1. The van der Waals surface area contributed by atoms with E-state index in [0.29, 0.717) is 5.75 Å². The molecule has 0 aliphatic heterocycles. The molecular weight excluding hydrogens is 370 g/mol. The molecule has 1 N–H and O–H groups in total. The lowest BCUT2D eigenvalue weighted by Gasteiger charge is -2.18. The fraction of sp³-hybridized carbons (Fsp3) is 0.333. The summed E-state index contributed by atoms with van der Waals surface area (Å²) in [7, 11) is 0. The monoisotopic (exact) mass is 395 g/mol. The summed E-state index contributed by atoms with van der Waals surface area (Å²) in [5.74, 6) is 1.10. The normalized spacial score (nSPS) is 11.9. The lowest BCUT2D eigenvalue weighted by atomic mass is 10.0. The van der Waals surface area contributed by atoms with Crippen molar-refractivity contribution in [1.29, 1.82) is 0 Å². The van der Waals surface area contributed by atoms with Crippen LogP contribution in [0.15, 0.2) is 60.0 Å². The molecule has 2 aromatic heterocycles. The van der Waals surface area contributed by atoms with Crippen molar-refractivity contribution in [3.05, 3.63) is 60.4 Å². The van der Waals surface area contributed by atoms with Gasteiger partial charge in [0.05, 0.1) is 11.8 Å². The molecule has 1 aromatic carbocycles. The van der Waals surface area contributed by atoms with Crippen molar-refractivity contribution in [3.8, 4) is 11.4 Å². The van der Waals surface area contributed by atoms with Crippen molar-refractivity contribution in [3.63, 3.8) is 0 Å². The summed E-state index contributed by atoms with van der Waals surface area (Å²) in [6, 6.07) is 14.0. The second kappa shape index (κ2) is 10.0. The minimum atomic E-state index is 0.00316. The first-order chi connectivity index (χ1) is 13.7. The molecule has 7 heteroatoms. The highest BCUT2D eigenvalue weighted by Gasteiger charge is 2.17. The van der Waals surface area contributed by atoms with Crippen LogP contribution in [0.5, 0.6) is 0 Å². The van der Waals surface area contributed by atoms with E-state index >= 15 is 0 Å². The van der Waals surface area contributed by atoms with Crippen molar-refractivity contribution < 1.29 is 4.79 Å². The Hall–Kier alpha value is -2.67. The molecule has 2 heterocycles. The number of carbonyl (C=O) groups is 1. The highest BCUT2D eigenvalue weighted by atomic mass is 32.2. The molecule has 0 saturated carbocycles.